The fourth-order valence-corrected chi connectivity index (χ4v) is 0.752. The molecule has 0 saturated heterocycles. The second kappa shape index (κ2) is 4.32. The van der Waals surface area contributed by atoms with E-state index >= 15 is 0 Å². The summed E-state index contributed by atoms with van der Waals surface area (Å²) in [4.78, 5) is 0. The van der Waals surface area contributed by atoms with E-state index in [1.54, 1.807) is 0 Å². The Kier molecular flexibility index (Phi) is 5.11. The molecule has 0 bridgehead atoms. The van der Waals surface area contributed by atoms with Gasteiger partial charge < -0.3 is 4.55 Å². The van der Waals surface area contributed by atoms with Crippen LogP contribution in [0.2, 0.25) is 0 Å². The normalized spacial score (nSPS) is 14.7. The first-order valence-electron chi connectivity index (χ1n) is 2.53. The minimum Gasteiger partial charge on any atom is -0.743 e. The van der Waals surface area contributed by atoms with Gasteiger partial charge in [-0.25, -0.2) is 8.42 Å². The Morgan fingerprint density at radius 3 is 1.20 bits per heavy atom. The van der Waals surface area contributed by atoms with Gasteiger partial charge in [0.1, 0.15) is 0 Å². The number of alkyl halides is 7. The van der Waals surface area contributed by atoms with E-state index in [1.165, 1.54) is 0 Å². The maximum absolute atomic E-state index is 11.8. The molecule has 0 aliphatic carbocycles. The molecular formula is C3F7HgO3S. The standard InChI is InChI=1S/C3HF7O3S.Hg/c4-1(5,2(6,7)8)3(9,10)14(11,12)13;/h(H,11,12,13);/q;+1/p-1. The molecule has 0 spiro atoms. The Hall–Kier alpha value is 0.355. The number of hydrogen-bond donors (Lipinski definition) is 0. The van der Waals surface area contributed by atoms with Gasteiger partial charge in [-0.15, -0.1) is 0 Å². The molecule has 0 amide bonds. The molecule has 0 N–H and O–H groups in total. The van der Waals surface area contributed by atoms with Crippen molar-refractivity contribution in [3.05, 3.63) is 0 Å². The van der Waals surface area contributed by atoms with Gasteiger partial charge >= 0.3 is 45.0 Å². The summed E-state index contributed by atoms with van der Waals surface area (Å²) in [7, 11) is -7.10. The SMILES string of the molecule is O=S(=O)([O-])C(F)(F)C(F)(F)C(F)(F)F.[Hg+]. The number of rotatable bonds is 2. The summed E-state index contributed by atoms with van der Waals surface area (Å²) < 4.78 is 109. The van der Waals surface area contributed by atoms with Gasteiger partial charge in [0.15, 0.2) is 10.1 Å². The first kappa shape index (κ1) is 17.7. The number of hydrogen-bond acceptors (Lipinski definition) is 3. The van der Waals surface area contributed by atoms with Crippen LogP contribution in [0.1, 0.15) is 0 Å². The van der Waals surface area contributed by atoms with Gasteiger partial charge in [0.25, 0.3) is 0 Å². The Balaban J connectivity index is 0. The van der Waals surface area contributed by atoms with E-state index in [0.29, 0.717) is 0 Å². The zero-order chi connectivity index (χ0) is 12.0. The molecule has 1 radical (unpaired) electrons. The molecule has 0 aromatic rings. The zero-order valence-electron chi connectivity index (χ0n) is 6.49. The molecular weight excluding hydrogens is 450 g/mol. The minimum absolute atomic E-state index is 0. The molecule has 87 valence electrons. The van der Waals surface area contributed by atoms with E-state index < -0.39 is 27.5 Å². The van der Waals surface area contributed by atoms with Crippen molar-refractivity contribution in [1.29, 1.82) is 0 Å². The fourth-order valence-electron chi connectivity index (χ4n) is 0.322. The molecule has 0 rings (SSSR count). The molecule has 0 atom stereocenters. The van der Waals surface area contributed by atoms with Gasteiger partial charge in [-0.3, -0.25) is 0 Å². The van der Waals surface area contributed by atoms with E-state index in [1.807, 2.05) is 0 Å². The molecule has 0 aliphatic heterocycles. The summed E-state index contributed by atoms with van der Waals surface area (Å²) in [6.45, 7) is 0. The van der Waals surface area contributed by atoms with Crippen molar-refractivity contribution in [1.82, 2.24) is 0 Å². The van der Waals surface area contributed by atoms with Gasteiger partial charge in [-0.2, -0.15) is 30.7 Å². The van der Waals surface area contributed by atoms with Crippen LogP contribution in [0.15, 0.2) is 0 Å². The van der Waals surface area contributed by atoms with E-state index in [-0.39, 0.29) is 27.7 Å². The van der Waals surface area contributed by atoms with Crippen LogP contribution >= 0.6 is 0 Å². The molecule has 0 aliphatic rings. The van der Waals surface area contributed by atoms with Crippen molar-refractivity contribution >= 4 is 10.1 Å². The molecule has 15 heavy (non-hydrogen) atoms. The van der Waals surface area contributed by atoms with E-state index in [2.05, 4.69) is 0 Å². The zero-order valence-corrected chi connectivity index (χ0v) is 12.8. The summed E-state index contributed by atoms with van der Waals surface area (Å²) in [6, 6.07) is 0. The molecule has 0 fully saturated rings. The molecule has 0 unspecified atom stereocenters. The molecule has 0 aromatic carbocycles. The van der Waals surface area contributed by atoms with Crippen LogP contribution in [0.4, 0.5) is 30.7 Å². The smallest absolute Gasteiger partial charge is 0.743 e. The third-order valence-electron chi connectivity index (χ3n) is 1.04. The van der Waals surface area contributed by atoms with Gasteiger partial charge in [0, 0.05) is 0 Å². The molecule has 0 saturated carbocycles. The maximum Gasteiger partial charge on any atom is 1.00 e. The maximum atomic E-state index is 11.8. The summed E-state index contributed by atoms with van der Waals surface area (Å²) in [5, 5.41) is -6.72. The van der Waals surface area contributed by atoms with Crippen LogP contribution in [-0.4, -0.2) is 30.3 Å². The third-order valence-corrected chi connectivity index (χ3v) is 1.92. The Labute approximate surface area is 98.9 Å². The van der Waals surface area contributed by atoms with Crippen LogP contribution in [0.3, 0.4) is 0 Å². The minimum atomic E-state index is -7.10. The molecule has 0 aromatic heterocycles. The first-order chi connectivity index (χ1) is 5.75. The largest absolute Gasteiger partial charge is 1.00 e. The van der Waals surface area contributed by atoms with E-state index in [9.17, 15) is 43.7 Å². The average molecular weight is 450 g/mol. The Morgan fingerprint density at radius 1 is 0.867 bits per heavy atom. The van der Waals surface area contributed by atoms with Gasteiger partial charge in [-0.05, 0) is 0 Å². The topological polar surface area (TPSA) is 57.2 Å². The summed E-state index contributed by atoms with van der Waals surface area (Å²) in [5.41, 5.74) is 0. The van der Waals surface area contributed by atoms with Crippen molar-refractivity contribution in [3.63, 3.8) is 0 Å². The van der Waals surface area contributed by atoms with Crippen LogP contribution in [0.25, 0.3) is 0 Å². The van der Waals surface area contributed by atoms with Crippen molar-refractivity contribution in [2.24, 2.45) is 0 Å². The molecule has 3 nitrogen and oxygen atoms in total. The Bertz CT molecular complexity index is 319. The van der Waals surface area contributed by atoms with E-state index in [0.717, 1.165) is 0 Å². The summed E-state index contributed by atoms with van der Waals surface area (Å²) in [6.07, 6.45) is -6.83. The van der Waals surface area contributed by atoms with Gasteiger partial charge in [0.2, 0.25) is 0 Å². The monoisotopic (exact) mass is 451 g/mol. The average Bonchev–Trinajstić information content (AvgIpc) is 1.81. The van der Waals surface area contributed by atoms with Crippen molar-refractivity contribution in [2.75, 3.05) is 0 Å². The first-order valence-corrected chi connectivity index (χ1v) is 3.94. The van der Waals surface area contributed by atoms with Gasteiger partial charge in [0.05, 0.1) is 0 Å². The fraction of sp³-hybridized carbons (Fsp3) is 1.00. The van der Waals surface area contributed by atoms with Crippen LogP contribution in [-0.2, 0) is 37.8 Å². The predicted molar refractivity (Wildman–Crippen MR) is 25.6 cm³/mol. The number of halogens is 7. The summed E-state index contributed by atoms with van der Waals surface area (Å²) >= 11 is 0. The van der Waals surface area contributed by atoms with Crippen LogP contribution < -0.4 is 0 Å². The second-order valence-corrected chi connectivity index (χ2v) is 3.46. The quantitative estimate of drug-likeness (QED) is 0.363. The second-order valence-electron chi connectivity index (χ2n) is 2.04. The summed E-state index contributed by atoms with van der Waals surface area (Å²) in [5.74, 6) is -6.92. The third kappa shape index (κ3) is 2.93. The van der Waals surface area contributed by atoms with Crippen molar-refractivity contribution in [2.45, 2.75) is 17.4 Å². The van der Waals surface area contributed by atoms with Crippen LogP contribution in [0, 0.1) is 0 Å². The van der Waals surface area contributed by atoms with Crippen LogP contribution in [0.5, 0.6) is 0 Å². The Morgan fingerprint density at radius 2 is 1.13 bits per heavy atom. The molecule has 12 heteroatoms. The van der Waals surface area contributed by atoms with E-state index in [4.69, 9.17) is 0 Å². The predicted octanol–water partition coefficient (Wildman–Crippen LogP) is 1.32. The van der Waals surface area contributed by atoms with Crippen molar-refractivity contribution in [3.8, 4) is 0 Å². The van der Waals surface area contributed by atoms with Crippen molar-refractivity contribution < 1.29 is 71.4 Å². The molecule has 0 heterocycles. The van der Waals surface area contributed by atoms with Gasteiger partial charge in [-0.1, -0.05) is 0 Å².